The summed E-state index contributed by atoms with van der Waals surface area (Å²) in [4.78, 5) is 32.9. The highest BCUT2D eigenvalue weighted by atomic mass is 32.2. The number of carbonyl (C=O) groups is 2. The molecule has 1 atom stereocenters. The lowest BCUT2D eigenvalue weighted by atomic mass is 10.1. The largest absolute Gasteiger partial charge is 0.342 e. The van der Waals surface area contributed by atoms with Gasteiger partial charge in [0.25, 0.3) is 5.91 Å². The van der Waals surface area contributed by atoms with E-state index in [1.807, 2.05) is 49.4 Å². The lowest BCUT2D eigenvalue weighted by molar-refractivity contribution is -0.138. The smallest absolute Gasteiger partial charge is 0.254 e. The standard InChI is InChI=1S/C20H23N3O2S/c1-3-17-20(25)22(2)12-13-23(17)19(24)16-9-7-15(8-10-16)14-26-18-6-4-5-11-21-18/h4-11,17H,3,12-14H2,1-2H3/t17-/m0/s1. The van der Waals surface area contributed by atoms with E-state index in [-0.39, 0.29) is 17.9 Å². The Labute approximate surface area is 158 Å². The SMILES string of the molecule is CC[C@H]1C(=O)N(C)CCN1C(=O)c1ccc(CSc2ccccn2)cc1. The Morgan fingerprint density at radius 3 is 2.62 bits per heavy atom. The molecule has 3 rings (SSSR count). The summed E-state index contributed by atoms with van der Waals surface area (Å²) in [6.45, 7) is 3.11. The molecule has 0 bridgehead atoms. The zero-order valence-electron chi connectivity index (χ0n) is 15.1. The van der Waals surface area contributed by atoms with Crippen molar-refractivity contribution in [3.63, 3.8) is 0 Å². The van der Waals surface area contributed by atoms with E-state index < -0.39 is 0 Å². The maximum atomic E-state index is 12.9. The molecular weight excluding hydrogens is 346 g/mol. The van der Waals surface area contributed by atoms with Gasteiger partial charge >= 0.3 is 0 Å². The fourth-order valence-corrected chi connectivity index (χ4v) is 3.87. The average molecular weight is 369 g/mol. The molecule has 1 fully saturated rings. The predicted octanol–water partition coefficient (Wildman–Crippen LogP) is 3.07. The summed E-state index contributed by atoms with van der Waals surface area (Å²) in [7, 11) is 1.79. The number of hydrogen-bond acceptors (Lipinski definition) is 4. The number of piperazine rings is 1. The van der Waals surface area contributed by atoms with E-state index in [9.17, 15) is 9.59 Å². The maximum absolute atomic E-state index is 12.9. The third-order valence-electron chi connectivity index (χ3n) is 4.59. The summed E-state index contributed by atoms with van der Waals surface area (Å²) in [5.41, 5.74) is 1.77. The van der Waals surface area contributed by atoms with Crippen LogP contribution >= 0.6 is 11.8 Å². The van der Waals surface area contributed by atoms with Gasteiger partial charge in [-0.15, -0.1) is 11.8 Å². The van der Waals surface area contributed by atoms with Crippen LogP contribution in [0.2, 0.25) is 0 Å². The van der Waals surface area contributed by atoms with Crippen molar-refractivity contribution in [2.45, 2.75) is 30.2 Å². The van der Waals surface area contributed by atoms with Crippen molar-refractivity contribution in [3.8, 4) is 0 Å². The number of rotatable bonds is 5. The Kier molecular flexibility index (Phi) is 5.93. The van der Waals surface area contributed by atoms with Crippen LogP contribution in [0.25, 0.3) is 0 Å². The first kappa shape index (κ1) is 18.5. The topological polar surface area (TPSA) is 53.5 Å². The van der Waals surface area contributed by atoms with Crippen LogP contribution in [0.15, 0.2) is 53.7 Å². The minimum absolute atomic E-state index is 0.0236. The van der Waals surface area contributed by atoms with E-state index in [1.54, 1.807) is 34.8 Å². The van der Waals surface area contributed by atoms with Crippen molar-refractivity contribution in [3.05, 3.63) is 59.8 Å². The van der Waals surface area contributed by atoms with E-state index in [0.29, 0.717) is 25.1 Å². The van der Waals surface area contributed by atoms with Crippen LogP contribution in [0.3, 0.4) is 0 Å². The lowest BCUT2D eigenvalue weighted by Gasteiger charge is -2.38. The number of pyridine rings is 1. The van der Waals surface area contributed by atoms with Crippen LogP contribution in [-0.4, -0.2) is 52.8 Å². The van der Waals surface area contributed by atoms with Gasteiger partial charge in [0.1, 0.15) is 6.04 Å². The number of thioether (sulfide) groups is 1. The molecule has 1 aliphatic heterocycles. The van der Waals surface area contributed by atoms with Gasteiger partial charge in [-0.3, -0.25) is 9.59 Å². The number of carbonyl (C=O) groups excluding carboxylic acids is 2. The summed E-state index contributed by atoms with van der Waals surface area (Å²) in [6.07, 6.45) is 2.42. The van der Waals surface area contributed by atoms with Gasteiger partial charge in [0.15, 0.2) is 0 Å². The summed E-state index contributed by atoms with van der Waals surface area (Å²) in [6, 6.07) is 13.1. The highest BCUT2D eigenvalue weighted by Crippen LogP contribution is 2.22. The molecular formula is C20H23N3O2S. The normalized spacial score (nSPS) is 17.5. The van der Waals surface area contributed by atoms with Gasteiger partial charge < -0.3 is 9.80 Å². The van der Waals surface area contributed by atoms with Crippen LogP contribution < -0.4 is 0 Å². The van der Waals surface area contributed by atoms with Gasteiger partial charge in [-0.25, -0.2) is 4.98 Å². The Balaban J connectivity index is 1.66. The number of benzene rings is 1. The quantitative estimate of drug-likeness (QED) is 0.760. The molecule has 0 aliphatic carbocycles. The minimum atomic E-state index is -0.361. The first-order chi connectivity index (χ1) is 12.6. The highest BCUT2D eigenvalue weighted by molar-refractivity contribution is 7.98. The van der Waals surface area contributed by atoms with Crippen molar-refractivity contribution < 1.29 is 9.59 Å². The molecule has 2 heterocycles. The van der Waals surface area contributed by atoms with Gasteiger partial charge in [0, 0.05) is 37.7 Å². The predicted molar refractivity (Wildman–Crippen MR) is 103 cm³/mol. The molecule has 1 aliphatic rings. The molecule has 136 valence electrons. The molecule has 2 aromatic rings. The number of likely N-dealkylation sites (N-methyl/N-ethyl adjacent to an activating group) is 1. The molecule has 0 radical (unpaired) electrons. The summed E-state index contributed by atoms with van der Waals surface area (Å²) < 4.78 is 0. The van der Waals surface area contributed by atoms with Crippen LogP contribution in [0.4, 0.5) is 0 Å². The fourth-order valence-electron chi connectivity index (χ4n) is 3.05. The van der Waals surface area contributed by atoms with E-state index >= 15 is 0 Å². The number of aromatic nitrogens is 1. The molecule has 0 saturated carbocycles. The Bertz CT molecular complexity index is 764. The van der Waals surface area contributed by atoms with E-state index in [0.717, 1.165) is 16.3 Å². The Hall–Kier alpha value is -2.34. The molecule has 6 heteroatoms. The van der Waals surface area contributed by atoms with Crippen LogP contribution in [0.5, 0.6) is 0 Å². The van der Waals surface area contributed by atoms with Gasteiger partial charge in [-0.2, -0.15) is 0 Å². The second kappa shape index (κ2) is 8.36. The van der Waals surface area contributed by atoms with Gasteiger partial charge in [-0.1, -0.05) is 25.1 Å². The Morgan fingerprint density at radius 1 is 1.19 bits per heavy atom. The summed E-state index contributed by atoms with van der Waals surface area (Å²) >= 11 is 1.66. The molecule has 0 unspecified atom stereocenters. The molecule has 0 spiro atoms. The molecule has 1 aromatic heterocycles. The van der Waals surface area contributed by atoms with Crippen molar-refractivity contribution >= 4 is 23.6 Å². The van der Waals surface area contributed by atoms with Gasteiger partial charge in [0.05, 0.1) is 5.03 Å². The zero-order chi connectivity index (χ0) is 18.5. The van der Waals surface area contributed by atoms with Gasteiger partial charge in [-0.05, 0) is 36.2 Å². The van der Waals surface area contributed by atoms with Crippen LogP contribution in [-0.2, 0) is 10.5 Å². The van der Waals surface area contributed by atoms with Crippen molar-refractivity contribution in [2.24, 2.45) is 0 Å². The van der Waals surface area contributed by atoms with Crippen molar-refractivity contribution in [1.82, 2.24) is 14.8 Å². The van der Waals surface area contributed by atoms with E-state index in [4.69, 9.17) is 0 Å². The lowest BCUT2D eigenvalue weighted by Crippen LogP contribution is -2.57. The average Bonchev–Trinajstić information content (AvgIpc) is 2.69. The molecule has 2 amide bonds. The summed E-state index contributed by atoms with van der Waals surface area (Å²) in [5.74, 6) is 0.758. The second-order valence-corrected chi connectivity index (χ2v) is 7.33. The molecule has 0 N–H and O–H groups in total. The number of amides is 2. The fraction of sp³-hybridized carbons (Fsp3) is 0.350. The number of nitrogens with zero attached hydrogens (tertiary/aromatic N) is 3. The highest BCUT2D eigenvalue weighted by Gasteiger charge is 2.34. The third kappa shape index (κ3) is 4.07. The summed E-state index contributed by atoms with van der Waals surface area (Å²) in [5, 5.41) is 0.981. The number of hydrogen-bond donors (Lipinski definition) is 0. The van der Waals surface area contributed by atoms with Gasteiger partial charge in [0.2, 0.25) is 5.91 Å². The first-order valence-corrected chi connectivity index (χ1v) is 9.77. The second-order valence-electron chi connectivity index (χ2n) is 6.34. The van der Waals surface area contributed by atoms with Crippen molar-refractivity contribution in [2.75, 3.05) is 20.1 Å². The Morgan fingerprint density at radius 2 is 1.96 bits per heavy atom. The minimum Gasteiger partial charge on any atom is -0.342 e. The maximum Gasteiger partial charge on any atom is 0.254 e. The molecule has 5 nitrogen and oxygen atoms in total. The zero-order valence-corrected chi connectivity index (χ0v) is 15.9. The van der Waals surface area contributed by atoms with Crippen LogP contribution in [0, 0.1) is 0 Å². The van der Waals surface area contributed by atoms with Crippen molar-refractivity contribution in [1.29, 1.82) is 0 Å². The van der Waals surface area contributed by atoms with E-state index in [2.05, 4.69) is 4.98 Å². The molecule has 1 saturated heterocycles. The first-order valence-electron chi connectivity index (χ1n) is 8.79. The van der Waals surface area contributed by atoms with Crippen LogP contribution in [0.1, 0.15) is 29.3 Å². The van der Waals surface area contributed by atoms with E-state index in [1.165, 1.54) is 0 Å². The third-order valence-corrected chi connectivity index (χ3v) is 5.60. The molecule has 26 heavy (non-hydrogen) atoms. The molecule has 1 aromatic carbocycles. The monoisotopic (exact) mass is 369 g/mol.